The topological polar surface area (TPSA) is 78.9 Å². The van der Waals surface area contributed by atoms with E-state index in [4.69, 9.17) is 9.15 Å². The van der Waals surface area contributed by atoms with Gasteiger partial charge in [0.25, 0.3) is 0 Å². The molecule has 0 saturated carbocycles. The van der Waals surface area contributed by atoms with Crippen LogP contribution in [-0.4, -0.2) is 24.7 Å². The molecular formula is C40H29N5O2Pt. The van der Waals surface area contributed by atoms with E-state index in [9.17, 15) is 0 Å². The maximum atomic E-state index is 6.50. The Bertz CT molecular complexity index is 2340. The summed E-state index contributed by atoms with van der Waals surface area (Å²) in [6.07, 6.45) is 3.52. The van der Waals surface area contributed by atoms with Crippen molar-refractivity contribution in [3.05, 3.63) is 140 Å². The average molecular weight is 807 g/mol. The molecule has 0 N–H and O–H groups in total. The van der Waals surface area contributed by atoms with Gasteiger partial charge in [-0.05, 0) is 41.3 Å². The zero-order valence-corrected chi connectivity index (χ0v) is 28.7. The molecule has 4 aromatic heterocycles. The van der Waals surface area contributed by atoms with Gasteiger partial charge < -0.3 is 23.7 Å². The summed E-state index contributed by atoms with van der Waals surface area (Å²) in [4.78, 5) is 9.22. The van der Waals surface area contributed by atoms with Crippen molar-refractivity contribution in [2.45, 2.75) is 26.2 Å². The second-order valence-electron chi connectivity index (χ2n) is 12.3. The largest absolute Gasteiger partial charge is 2.00 e. The Morgan fingerprint density at radius 2 is 1.35 bits per heavy atom. The molecular weight excluding hydrogens is 778 g/mol. The first kappa shape index (κ1) is 31.2. The standard InChI is InChI=1S/C40H29N5O2.Pt/c1-40(2,3)39-44-43-38(47-39)27-18-20-42-35(24-27)26-11-10-12-30(22-26)46-31-23-28(34-15-8-9-19-41-34)21-29(25-31)45-36-16-6-4-13-32(36)33-14-5-7-17-37(33)45;/h4-21,24-25H,1-3H3;/q-2;+2. The summed E-state index contributed by atoms with van der Waals surface area (Å²) in [6, 6.07) is 43.2. The number of nitrogens with zero attached hydrogens (tertiary/aromatic N) is 5. The van der Waals surface area contributed by atoms with E-state index in [2.05, 4.69) is 91.5 Å². The van der Waals surface area contributed by atoms with E-state index in [0.717, 1.165) is 39.1 Å². The van der Waals surface area contributed by atoms with Crippen molar-refractivity contribution in [3.8, 4) is 51.2 Å². The molecule has 0 spiro atoms. The summed E-state index contributed by atoms with van der Waals surface area (Å²) < 4.78 is 14.7. The summed E-state index contributed by atoms with van der Waals surface area (Å²) in [5, 5.41) is 10.9. The van der Waals surface area contributed by atoms with Crippen LogP contribution in [0.4, 0.5) is 0 Å². The van der Waals surface area contributed by atoms with E-state index in [-0.39, 0.29) is 26.5 Å². The van der Waals surface area contributed by atoms with Gasteiger partial charge in [-0.2, -0.15) is 0 Å². The van der Waals surface area contributed by atoms with Crippen LogP contribution in [0.25, 0.3) is 61.5 Å². The molecule has 48 heavy (non-hydrogen) atoms. The number of fused-ring (bicyclic) bond motifs is 3. The van der Waals surface area contributed by atoms with E-state index < -0.39 is 0 Å². The molecule has 7 nitrogen and oxygen atoms in total. The molecule has 0 aliphatic heterocycles. The molecule has 8 heteroatoms. The molecule has 0 amide bonds. The molecule has 4 aromatic carbocycles. The van der Waals surface area contributed by atoms with E-state index in [1.807, 2.05) is 75.4 Å². The predicted octanol–water partition coefficient (Wildman–Crippen LogP) is 9.65. The summed E-state index contributed by atoms with van der Waals surface area (Å²) in [5.41, 5.74) is 6.79. The monoisotopic (exact) mass is 806 g/mol. The summed E-state index contributed by atoms with van der Waals surface area (Å²) in [6.45, 7) is 6.12. The van der Waals surface area contributed by atoms with Crippen molar-refractivity contribution in [2.75, 3.05) is 0 Å². The third-order valence-corrected chi connectivity index (χ3v) is 7.95. The van der Waals surface area contributed by atoms with Crippen LogP contribution in [0.15, 0.2) is 126 Å². The maximum Gasteiger partial charge on any atom is 2.00 e. The van der Waals surface area contributed by atoms with Gasteiger partial charge in [-0.15, -0.1) is 45.6 Å². The number of aromatic nitrogens is 5. The zero-order valence-electron chi connectivity index (χ0n) is 26.4. The maximum absolute atomic E-state index is 6.50. The Hall–Kier alpha value is -5.39. The van der Waals surface area contributed by atoms with Gasteiger partial charge in [0.1, 0.15) is 0 Å². The normalized spacial score (nSPS) is 11.5. The Morgan fingerprint density at radius 3 is 2.06 bits per heavy atom. The number of rotatable bonds is 6. The van der Waals surface area contributed by atoms with Crippen LogP contribution in [0.1, 0.15) is 26.7 Å². The quantitative estimate of drug-likeness (QED) is 0.156. The SMILES string of the molecule is CC(C)(C)c1nnc(-c2ccnc(-c3[c-]c(Oc4[c-]c(-c5ccccn5)cc(-n5c6ccccc6c6ccccc65)c4)ccc3)c2)o1.[Pt+2]. The van der Waals surface area contributed by atoms with Gasteiger partial charge in [0.2, 0.25) is 11.8 Å². The van der Waals surface area contributed by atoms with Gasteiger partial charge in [-0.1, -0.05) is 93.6 Å². The smallest absolute Gasteiger partial charge is 0.496 e. The van der Waals surface area contributed by atoms with Crippen LogP contribution in [0.2, 0.25) is 0 Å². The minimum Gasteiger partial charge on any atom is -0.496 e. The zero-order chi connectivity index (χ0) is 32.0. The van der Waals surface area contributed by atoms with Gasteiger partial charge >= 0.3 is 21.1 Å². The number of ether oxygens (including phenoxy) is 1. The molecule has 0 aliphatic rings. The van der Waals surface area contributed by atoms with Crippen LogP contribution >= 0.6 is 0 Å². The van der Waals surface area contributed by atoms with Crippen LogP contribution in [-0.2, 0) is 26.5 Å². The fraction of sp³-hybridized carbons (Fsp3) is 0.100. The number of para-hydroxylation sites is 2. The fourth-order valence-corrected chi connectivity index (χ4v) is 5.70. The Labute approximate surface area is 292 Å². The van der Waals surface area contributed by atoms with E-state index in [1.54, 1.807) is 12.4 Å². The van der Waals surface area contributed by atoms with Gasteiger partial charge in [-0.25, -0.2) is 0 Å². The van der Waals surface area contributed by atoms with Crippen molar-refractivity contribution >= 4 is 21.8 Å². The Morgan fingerprint density at radius 1 is 0.646 bits per heavy atom. The molecule has 0 radical (unpaired) electrons. The van der Waals surface area contributed by atoms with Crippen molar-refractivity contribution in [3.63, 3.8) is 0 Å². The molecule has 236 valence electrons. The molecule has 0 atom stereocenters. The number of benzene rings is 4. The van der Waals surface area contributed by atoms with Crippen molar-refractivity contribution in [1.82, 2.24) is 24.7 Å². The molecule has 4 heterocycles. The van der Waals surface area contributed by atoms with E-state index in [0.29, 0.717) is 29.0 Å². The minimum atomic E-state index is -0.243. The second kappa shape index (κ2) is 12.7. The van der Waals surface area contributed by atoms with E-state index >= 15 is 0 Å². The van der Waals surface area contributed by atoms with E-state index in [1.165, 1.54) is 10.8 Å². The summed E-state index contributed by atoms with van der Waals surface area (Å²) >= 11 is 0. The third-order valence-electron chi connectivity index (χ3n) is 7.95. The number of pyridine rings is 2. The summed E-state index contributed by atoms with van der Waals surface area (Å²) in [7, 11) is 0. The first-order chi connectivity index (χ1) is 22.9. The molecule has 8 aromatic rings. The summed E-state index contributed by atoms with van der Waals surface area (Å²) in [5.74, 6) is 2.10. The van der Waals surface area contributed by atoms with Gasteiger partial charge in [-0.3, -0.25) is 0 Å². The molecule has 0 aliphatic carbocycles. The van der Waals surface area contributed by atoms with Gasteiger partial charge in [0.15, 0.2) is 0 Å². The van der Waals surface area contributed by atoms with Crippen LogP contribution in [0, 0.1) is 12.1 Å². The first-order valence-electron chi connectivity index (χ1n) is 15.4. The third kappa shape index (κ3) is 5.93. The molecule has 0 bridgehead atoms. The number of hydrogen-bond donors (Lipinski definition) is 0. The van der Waals surface area contributed by atoms with Crippen molar-refractivity contribution < 1.29 is 30.2 Å². The molecule has 0 fully saturated rings. The van der Waals surface area contributed by atoms with Crippen LogP contribution in [0.3, 0.4) is 0 Å². The fourth-order valence-electron chi connectivity index (χ4n) is 5.70. The first-order valence-corrected chi connectivity index (χ1v) is 15.4. The molecule has 0 saturated heterocycles. The van der Waals surface area contributed by atoms with Gasteiger partial charge in [0, 0.05) is 45.6 Å². The minimum absolute atomic E-state index is 0. The van der Waals surface area contributed by atoms with Crippen LogP contribution < -0.4 is 4.74 Å². The Balaban J connectivity index is 0.00000364. The van der Waals surface area contributed by atoms with Gasteiger partial charge in [0.05, 0.1) is 11.0 Å². The molecule has 8 rings (SSSR count). The Kier molecular flexibility index (Phi) is 8.24. The second-order valence-corrected chi connectivity index (χ2v) is 12.3. The number of hydrogen-bond acceptors (Lipinski definition) is 6. The average Bonchev–Trinajstić information content (AvgIpc) is 3.73. The predicted molar refractivity (Wildman–Crippen MR) is 183 cm³/mol. The molecule has 0 unspecified atom stereocenters. The van der Waals surface area contributed by atoms with Crippen molar-refractivity contribution in [2.24, 2.45) is 0 Å². The van der Waals surface area contributed by atoms with Crippen LogP contribution in [0.5, 0.6) is 11.5 Å². The van der Waals surface area contributed by atoms with Crippen molar-refractivity contribution in [1.29, 1.82) is 0 Å².